The molecule has 0 spiro atoms. The molecule has 0 radical (unpaired) electrons. The van der Waals surface area contributed by atoms with Gasteiger partial charge in [0.15, 0.2) is 0 Å². The lowest BCUT2D eigenvalue weighted by atomic mass is 10.2. The van der Waals surface area contributed by atoms with Gasteiger partial charge in [0.05, 0.1) is 7.11 Å². The smallest absolute Gasteiger partial charge is 0.291 e. The van der Waals surface area contributed by atoms with Crippen LogP contribution in [0, 0.1) is 0 Å². The van der Waals surface area contributed by atoms with E-state index in [4.69, 9.17) is 9.15 Å². The van der Waals surface area contributed by atoms with Crippen molar-refractivity contribution >= 4 is 51.6 Å². The number of fused-ring (bicyclic) bond motifs is 1. The number of para-hydroxylation sites is 1. The van der Waals surface area contributed by atoms with E-state index in [0.717, 1.165) is 16.3 Å². The fraction of sp³-hybridized carbons (Fsp3) is 0.185. The van der Waals surface area contributed by atoms with Gasteiger partial charge in [-0.2, -0.15) is 0 Å². The second-order valence-electron chi connectivity index (χ2n) is 8.12. The first-order valence-electron chi connectivity index (χ1n) is 11.3. The van der Waals surface area contributed by atoms with Crippen molar-refractivity contribution in [3.05, 3.63) is 82.8 Å². The zero-order valence-corrected chi connectivity index (χ0v) is 20.1. The molecule has 1 N–H and O–H groups in total. The molecule has 5 rings (SSSR count). The van der Waals surface area contributed by atoms with Gasteiger partial charge in [0.1, 0.15) is 17.0 Å². The Morgan fingerprint density at radius 3 is 2.49 bits per heavy atom. The standard InChI is InChI=1S/C27H25N3O4S/c1-33-20-10-8-19(9-11-20)29-14-16-30(17-15-29)27(32)26-25(22-6-2-3-7-23(22)34-26)28-24(31)13-12-21-5-4-18-35-21/h2-13,18H,14-17H2,1H3,(H,28,31)/b13-12+. The number of furan rings is 1. The monoisotopic (exact) mass is 487 g/mol. The van der Waals surface area contributed by atoms with Gasteiger partial charge in [-0.3, -0.25) is 9.59 Å². The fourth-order valence-electron chi connectivity index (χ4n) is 4.13. The topological polar surface area (TPSA) is 75.0 Å². The first kappa shape index (κ1) is 22.7. The van der Waals surface area contributed by atoms with Gasteiger partial charge in [0.2, 0.25) is 11.7 Å². The zero-order chi connectivity index (χ0) is 24.2. The molecule has 1 aliphatic heterocycles. The van der Waals surface area contributed by atoms with E-state index in [2.05, 4.69) is 10.2 Å². The number of ether oxygens (including phenoxy) is 1. The highest BCUT2D eigenvalue weighted by Gasteiger charge is 2.28. The minimum absolute atomic E-state index is 0.155. The van der Waals surface area contributed by atoms with Crippen molar-refractivity contribution < 1.29 is 18.7 Å². The number of benzene rings is 2. The lowest BCUT2D eigenvalue weighted by Gasteiger charge is -2.35. The summed E-state index contributed by atoms with van der Waals surface area (Å²) in [4.78, 5) is 31.1. The predicted molar refractivity (Wildman–Crippen MR) is 139 cm³/mol. The first-order chi connectivity index (χ1) is 17.1. The molecule has 1 saturated heterocycles. The molecule has 0 atom stereocenters. The van der Waals surface area contributed by atoms with Crippen molar-refractivity contribution in [1.29, 1.82) is 0 Å². The van der Waals surface area contributed by atoms with Crippen molar-refractivity contribution in [2.24, 2.45) is 0 Å². The van der Waals surface area contributed by atoms with E-state index in [1.165, 1.54) is 6.08 Å². The van der Waals surface area contributed by atoms with Gasteiger partial charge in [-0.15, -0.1) is 11.3 Å². The summed E-state index contributed by atoms with van der Waals surface area (Å²) in [6.45, 7) is 2.49. The molecule has 7 nitrogen and oxygen atoms in total. The van der Waals surface area contributed by atoms with Crippen molar-refractivity contribution in [2.75, 3.05) is 43.5 Å². The number of hydrogen-bond acceptors (Lipinski definition) is 6. The van der Waals surface area contributed by atoms with E-state index >= 15 is 0 Å². The van der Waals surface area contributed by atoms with Crippen LogP contribution in [-0.2, 0) is 4.79 Å². The Labute approximate surface area is 207 Å². The number of hydrogen-bond donors (Lipinski definition) is 1. The molecule has 0 unspecified atom stereocenters. The van der Waals surface area contributed by atoms with Crippen molar-refractivity contribution in [3.8, 4) is 5.75 Å². The normalized spacial score (nSPS) is 14.0. The van der Waals surface area contributed by atoms with Gasteiger partial charge in [0.25, 0.3) is 5.91 Å². The van der Waals surface area contributed by atoms with Crippen LogP contribution in [0.25, 0.3) is 17.0 Å². The Bertz CT molecular complexity index is 1350. The Kier molecular flexibility index (Phi) is 6.54. The maximum Gasteiger partial charge on any atom is 0.291 e. The van der Waals surface area contributed by atoms with Crippen LogP contribution < -0.4 is 15.0 Å². The summed E-state index contributed by atoms with van der Waals surface area (Å²) in [5.41, 5.74) is 2.06. The van der Waals surface area contributed by atoms with E-state index < -0.39 is 0 Å². The molecule has 2 amide bonds. The fourth-order valence-corrected chi connectivity index (χ4v) is 4.75. The summed E-state index contributed by atoms with van der Waals surface area (Å²) >= 11 is 1.55. The Morgan fingerprint density at radius 2 is 1.77 bits per heavy atom. The van der Waals surface area contributed by atoms with E-state index in [1.54, 1.807) is 35.5 Å². The number of rotatable bonds is 6. The number of thiophene rings is 1. The summed E-state index contributed by atoms with van der Waals surface area (Å²) in [5, 5.41) is 5.53. The maximum atomic E-state index is 13.5. The Balaban J connectivity index is 1.32. The summed E-state index contributed by atoms with van der Waals surface area (Å²) in [6, 6.07) is 19.1. The predicted octanol–water partition coefficient (Wildman–Crippen LogP) is 5.12. The number of anilines is 2. The molecule has 1 fully saturated rings. The minimum atomic E-state index is -0.316. The van der Waals surface area contributed by atoms with Crippen LogP contribution >= 0.6 is 11.3 Å². The molecular weight excluding hydrogens is 462 g/mol. The summed E-state index contributed by atoms with van der Waals surface area (Å²) < 4.78 is 11.2. The largest absolute Gasteiger partial charge is 0.497 e. The van der Waals surface area contributed by atoms with Gasteiger partial charge >= 0.3 is 0 Å². The average molecular weight is 488 g/mol. The second kappa shape index (κ2) is 10.1. The van der Waals surface area contributed by atoms with Crippen LogP contribution in [-0.4, -0.2) is 50.0 Å². The van der Waals surface area contributed by atoms with E-state index in [-0.39, 0.29) is 17.6 Å². The van der Waals surface area contributed by atoms with Gasteiger partial charge in [-0.1, -0.05) is 18.2 Å². The number of carbonyl (C=O) groups is 2. The lowest BCUT2D eigenvalue weighted by molar-refractivity contribution is -0.111. The van der Waals surface area contributed by atoms with Gasteiger partial charge in [0, 0.05) is 48.2 Å². The number of nitrogens with zero attached hydrogens (tertiary/aromatic N) is 2. The maximum absolute atomic E-state index is 13.5. The molecule has 0 bridgehead atoms. The van der Waals surface area contributed by atoms with Gasteiger partial charge in [-0.25, -0.2) is 0 Å². The van der Waals surface area contributed by atoms with Gasteiger partial charge in [-0.05, 0) is 53.9 Å². The third kappa shape index (κ3) is 4.93. The summed E-state index contributed by atoms with van der Waals surface area (Å²) in [7, 11) is 1.65. The molecule has 2 aromatic carbocycles. The Morgan fingerprint density at radius 1 is 1.00 bits per heavy atom. The molecule has 1 aliphatic rings. The van der Waals surface area contributed by atoms with Crippen LogP contribution in [0.5, 0.6) is 5.75 Å². The van der Waals surface area contributed by atoms with Crippen LogP contribution in [0.15, 0.2) is 76.5 Å². The molecule has 3 heterocycles. The van der Waals surface area contributed by atoms with Crippen LogP contribution in [0.1, 0.15) is 15.4 Å². The lowest BCUT2D eigenvalue weighted by Crippen LogP contribution is -2.48. The second-order valence-corrected chi connectivity index (χ2v) is 9.10. The Hall–Kier alpha value is -4.04. The quantitative estimate of drug-likeness (QED) is 0.382. The van der Waals surface area contributed by atoms with E-state index in [1.807, 2.05) is 60.0 Å². The first-order valence-corrected chi connectivity index (χ1v) is 12.2. The van der Waals surface area contributed by atoms with E-state index in [0.29, 0.717) is 42.8 Å². The molecule has 2 aromatic heterocycles. The molecule has 178 valence electrons. The SMILES string of the molecule is COc1ccc(N2CCN(C(=O)c3oc4ccccc4c3NC(=O)/C=C/c3cccs3)CC2)cc1. The van der Waals surface area contributed by atoms with Crippen molar-refractivity contribution in [1.82, 2.24) is 4.90 Å². The van der Waals surface area contributed by atoms with E-state index in [9.17, 15) is 9.59 Å². The highest BCUT2D eigenvalue weighted by atomic mass is 32.1. The number of piperazine rings is 1. The van der Waals surface area contributed by atoms with Crippen LogP contribution in [0.4, 0.5) is 11.4 Å². The number of methoxy groups -OCH3 is 1. The molecule has 8 heteroatoms. The highest BCUT2D eigenvalue weighted by molar-refractivity contribution is 7.10. The molecule has 0 saturated carbocycles. The molecule has 4 aromatic rings. The van der Waals surface area contributed by atoms with Crippen molar-refractivity contribution in [3.63, 3.8) is 0 Å². The van der Waals surface area contributed by atoms with Gasteiger partial charge < -0.3 is 24.3 Å². The number of carbonyl (C=O) groups excluding carboxylic acids is 2. The number of amides is 2. The molecule has 35 heavy (non-hydrogen) atoms. The van der Waals surface area contributed by atoms with Crippen molar-refractivity contribution in [2.45, 2.75) is 0 Å². The zero-order valence-electron chi connectivity index (χ0n) is 19.3. The van der Waals surface area contributed by atoms with Crippen LogP contribution in [0.2, 0.25) is 0 Å². The molecular formula is C27H25N3O4S. The third-order valence-electron chi connectivity index (χ3n) is 5.98. The minimum Gasteiger partial charge on any atom is -0.497 e. The molecule has 0 aliphatic carbocycles. The third-order valence-corrected chi connectivity index (χ3v) is 6.82. The number of nitrogens with one attached hydrogen (secondary N) is 1. The summed E-state index contributed by atoms with van der Waals surface area (Å²) in [5.74, 6) is 0.422. The van der Waals surface area contributed by atoms with Crippen LogP contribution in [0.3, 0.4) is 0 Å². The average Bonchev–Trinajstić information content (AvgIpc) is 3.56. The highest BCUT2D eigenvalue weighted by Crippen LogP contribution is 2.32. The summed E-state index contributed by atoms with van der Waals surface area (Å²) in [6.07, 6.45) is 3.22.